The van der Waals surface area contributed by atoms with Crippen molar-refractivity contribution in [3.8, 4) is 0 Å². The first kappa shape index (κ1) is 19.5. The third-order valence-corrected chi connectivity index (χ3v) is 5.05. The highest BCUT2D eigenvalue weighted by molar-refractivity contribution is 6.42. The molecule has 0 saturated carbocycles. The van der Waals surface area contributed by atoms with Crippen molar-refractivity contribution in [3.05, 3.63) is 63.9 Å². The van der Waals surface area contributed by atoms with E-state index < -0.39 is 5.97 Å². The van der Waals surface area contributed by atoms with E-state index in [2.05, 4.69) is 0 Å². The van der Waals surface area contributed by atoms with Gasteiger partial charge in [-0.1, -0.05) is 35.3 Å². The summed E-state index contributed by atoms with van der Waals surface area (Å²) >= 11 is 11.7. The summed E-state index contributed by atoms with van der Waals surface area (Å²) in [4.78, 5) is 27.8. The van der Waals surface area contributed by atoms with Crippen molar-refractivity contribution in [2.75, 3.05) is 37.7 Å². The number of carbonyl (C=O) groups is 2. The number of hydrogen-bond acceptors (Lipinski definition) is 4. The van der Waals surface area contributed by atoms with Gasteiger partial charge in [-0.2, -0.15) is 0 Å². The van der Waals surface area contributed by atoms with Crippen LogP contribution in [0.2, 0.25) is 10.0 Å². The zero-order chi connectivity index (χ0) is 19.4. The molecular weight excluding hydrogens is 394 g/mol. The van der Waals surface area contributed by atoms with Gasteiger partial charge in [0, 0.05) is 26.2 Å². The van der Waals surface area contributed by atoms with Gasteiger partial charge in [-0.3, -0.25) is 4.79 Å². The first-order valence-electron chi connectivity index (χ1n) is 8.35. The van der Waals surface area contributed by atoms with E-state index in [1.807, 2.05) is 4.90 Å². The molecule has 142 valence electrons. The molecular formula is C19H17Cl2FN2O3. The highest BCUT2D eigenvalue weighted by atomic mass is 35.5. The molecule has 2 aromatic carbocycles. The number of nitrogens with zero attached hydrogens (tertiary/aromatic N) is 2. The Morgan fingerprint density at radius 1 is 1.00 bits per heavy atom. The molecule has 5 nitrogen and oxygen atoms in total. The number of anilines is 1. The highest BCUT2D eigenvalue weighted by Gasteiger charge is 2.23. The van der Waals surface area contributed by atoms with E-state index in [-0.39, 0.29) is 28.9 Å². The van der Waals surface area contributed by atoms with Crippen molar-refractivity contribution in [1.29, 1.82) is 0 Å². The topological polar surface area (TPSA) is 49.9 Å². The SMILES string of the molecule is O=C(OCC(=O)N1CCN(c2ccccc2F)CC1)c1ccc(Cl)c(Cl)c1. The number of rotatable bonds is 4. The van der Waals surface area contributed by atoms with Crippen LogP contribution in [0.4, 0.5) is 10.1 Å². The van der Waals surface area contributed by atoms with Crippen LogP contribution in [0.25, 0.3) is 0 Å². The lowest BCUT2D eigenvalue weighted by atomic mass is 10.2. The fourth-order valence-electron chi connectivity index (χ4n) is 2.83. The Morgan fingerprint density at radius 3 is 2.37 bits per heavy atom. The van der Waals surface area contributed by atoms with Gasteiger partial charge in [0.05, 0.1) is 21.3 Å². The summed E-state index contributed by atoms with van der Waals surface area (Å²) in [5, 5.41) is 0.568. The first-order valence-corrected chi connectivity index (χ1v) is 9.10. The van der Waals surface area contributed by atoms with Crippen LogP contribution >= 0.6 is 23.2 Å². The van der Waals surface area contributed by atoms with Crippen LogP contribution in [0.3, 0.4) is 0 Å². The van der Waals surface area contributed by atoms with Crippen LogP contribution in [-0.4, -0.2) is 49.6 Å². The average Bonchev–Trinajstić information content (AvgIpc) is 2.68. The molecule has 0 atom stereocenters. The fourth-order valence-corrected chi connectivity index (χ4v) is 3.13. The van der Waals surface area contributed by atoms with Gasteiger partial charge in [0.15, 0.2) is 6.61 Å². The number of hydrogen-bond donors (Lipinski definition) is 0. The van der Waals surface area contributed by atoms with Crippen LogP contribution in [0.5, 0.6) is 0 Å². The normalized spacial score (nSPS) is 14.2. The molecule has 3 rings (SSSR count). The van der Waals surface area contributed by atoms with Crippen LogP contribution in [0.15, 0.2) is 42.5 Å². The van der Waals surface area contributed by atoms with Crippen LogP contribution in [-0.2, 0) is 9.53 Å². The van der Waals surface area contributed by atoms with E-state index in [0.29, 0.717) is 36.9 Å². The average molecular weight is 411 g/mol. The predicted molar refractivity (Wildman–Crippen MR) is 102 cm³/mol. The summed E-state index contributed by atoms with van der Waals surface area (Å²) in [7, 11) is 0. The van der Waals surface area contributed by atoms with E-state index in [9.17, 15) is 14.0 Å². The molecule has 0 unspecified atom stereocenters. The second-order valence-corrected chi connectivity index (χ2v) is 6.84. The van der Waals surface area contributed by atoms with Crippen molar-refractivity contribution in [1.82, 2.24) is 4.90 Å². The lowest BCUT2D eigenvalue weighted by molar-refractivity contribution is -0.134. The molecule has 1 aliphatic heterocycles. The molecule has 27 heavy (non-hydrogen) atoms. The lowest BCUT2D eigenvalue weighted by Crippen LogP contribution is -2.50. The highest BCUT2D eigenvalue weighted by Crippen LogP contribution is 2.23. The van der Waals surface area contributed by atoms with E-state index in [1.54, 1.807) is 23.1 Å². The minimum atomic E-state index is -0.646. The zero-order valence-electron chi connectivity index (χ0n) is 14.3. The van der Waals surface area contributed by atoms with Gasteiger partial charge in [-0.05, 0) is 30.3 Å². The monoisotopic (exact) mass is 410 g/mol. The van der Waals surface area contributed by atoms with E-state index in [4.69, 9.17) is 27.9 Å². The van der Waals surface area contributed by atoms with Crippen molar-refractivity contribution in [2.45, 2.75) is 0 Å². The van der Waals surface area contributed by atoms with E-state index in [1.165, 1.54) is 24.3 Å². The zero-order valence-corrected chi connectivity index (χ0v) is 15.8. The molecule has 0 aromatic heterocycles. The number of halogens is 3. The number of benzene rings is 2. The third-order valence-electron chi connectivity index (χ3n) is 4.31. The summed E-state index contributed by atoms with van der Waals surface area (Å²) in [6.07, 6.45) is 0. The maximum atomic E-state index is 13.9. The summed E-state index contributed by atoms with van der Waals surface area (Å²) in [6, 6.07) is 10.9. The Labute approximate surface area is 166 Å². The Bertz CT molecular complexity index is 855. The van der Waals surface area contributed by atoms with Gasteiger partial charge in [-0.15, -0.1) is 0 Å². The van der Waals surface area contributed by atoms with Gasteiger partial charge in [-0.25, -0.2) is 9.18 Å². The number of piperazine rings is 1. The minimum absolute atomic E-state index is 0.224. The van der Waals surface area contributed by atoms with Gasteiger partial charge in [0.25, 0.3) is 5.91 Å². The standard InChI is InChI=1S/C19H17Cl2FN2O3/c20-14-6-5-13(11-15(14)21)19(26)27-12-18(25)24-9-7-23(8-10-24)17-4-2-1-3-16(17)22/h1-6,11H,7-10,12H2. The molecule has 8 heteroatoms. The van der Waals surface area contributed by atoms with Crippen LogP contribution < -0.4 is 4.90 Å². The third kappa shape index (κ3) is 4.70. The molecule has 1 amide bonds. The Balaban J connectivity index is 1.50. The summed E-state index contributed by atoms with van der Waals surface area (Å²) < 4.78 is 18.9. The largest absolute Gasteiger partial charge is 0.452 e. The summed E-state index contributed by atoms with van der Waals surface area (Å²) in [5.41, 5.74) is 0.747. The predicted octanol–water partition coefficient (Wildman–Crippen LogP) is 3.64. The fraction of sp³-hybridized carbons (Fsp3) is 0.263. The van der Waals surface area contributed by atoms with Gasteiger partial charge in [0.2, 0.25) is 0 Å². The van der Waals surface area contributed by atoms with E-state index >= 15 is 0 Å². The molecule has 1 aliphatic rings. The Hall–Kier alpha value is -2.31. The van der Waals surface area contributed by atoms with Gasteiger partial charge < -0.3 is 14.5 Å². The van der Waals surface area contributed by atoms with Gasteiger partial charge >= 0.3 is 5.97 Å². The Morgan fingerprint density at radius 2 is 1.70 bits per heavy atom. The molecule has 0 N–H and O–H groups in total. The number of esters is 1. The van der Waals surface area contributed by atoms with Crippen LogP contribution in [0, 0.1) is 5.82 Å². The summed E-state index contributed by atoms with van der Waals surface area (Å²) in [5.74, 6) is -1.23. The molecule has 0 spiro atoms. The smallest absolute Gasteiger partial charge is 0.338 e. The molecule has 1 saturated heterocycles. The molecule has 0 aliphatic carbocycles. The minimum Gasteiger partial charge on any atom is -0.452 e. The molecule has 0 radical (unpaired) electrons. The van der Waals surface area contributed by atoms with E-state index in [0.717, 1.165) is 0 Å². The lowest BCUT2D eigenvalue weighted by Gasteiger charge is -2.36. The van der Waals surface area contributed by atoms with Crippen molar-refractivity contribution in [2.24, 2.45) is 0 Å². The number of ether oxygens (including phenoxy) is 1. The molecule has 0 bridgehead atoms. The number of carbonyl (C=O) groups excluding carboxylic acids is 2. The number of para-hydroxylation sites is 1. The molecule has 1 fully saturated rings. The van der Waals surface area contributed by atoms with Crippen LogP contribution in [0.1, 0.15) is 10.4 Å². The quantitative estimate of drug-likeness (QED) is 0.721. The van der Waals surface area contributed by atoms with Gasteiger partial charge in [0.1, 0.15) is 5.82 Å². The van der Waals surface area contributed by atoms with Crippen molar-refractivity contribution >= 4 is 40.8 Å². The maximum Gasteiger partial charge on any atom is 0.338 e. The molecule has 2 aromatic rings. The Kier molecular flexibility index (Phi) is 6.19. The second kappa shape index (κ2) is 8.59. The second-order valence-electron chi connectivity index (χ2n) is 6.02. The number of amides is 1. The maximum absolute atomic E-state index is 13.9. The van der Waals surface area contributed by atoms with Crippen molar-refractivity contribution in [3.63, 3.8) is 0 Å². The summed E-state index contributed by atoms with van der Waals surface area (Å²) in [6.45, 7) is 1.51. The first-order chi connectivity index (χ1) is 13.0. The van der Waals surface area contributed by atoms with Crippen molar-refractivity contribution < 1.29 is 18.7 Å². The molecule has 1 heterocycles.